The van der Waals surface area contributed by atoms with Crippen molar-refractivity contribution in [3.05, 3.63) is 71.0 Å². The lowest BCUT2D eigenvalue weighted by Gasteiger charge is -2.06. The highest BCUT2D eigenvalue weighted by Crippen LogP contribution is 2.17. The van der Waals surface area contributed by atoms with Crippen molar-refractivity contribution in [2.45, 2.75) is 0 Å². The van der Waals surface area contributed by atoms with Crippen LogP contribution >= 0.6 is 0 Å². The molecule has 0 atom stereocenters. The summed E-state index contributed by atoms with van der Waals surface area (Å²) in [4.78, 5) is 21.4. The first-order chi connectivity index (χ1) is 10.1. The molecule has 1 rings (SSSR count). The summed E-state index contributed by atoms with van der Waals surface area (Å²) >= 11 is 0. The highest BCUT2D eigenvalue weighted by molar-refractivity contribution is 5.64. The molecule has 0 saturated heterocycles. The number of nitrogens with zero attached hydrogens (tertiary/aromatic N) is 1. The summed E-state index contributed by atoms with van der Waals surface area (Å²) in [6, 6.07) is 5.06. The van der Waals surface area contributed by atoms with Crippen molar-refractivity contribution in [1.82, 2.24) is 0 Å². The molecule has 0 aliphatic carbocycles. The lowest BCUT2D eigenvalue weighted by molar-refractivity contribution is -0.384. The zero-order valence-electron chi connectivity index (χ0n) is 11.1. The minimum absolute atomic E-state index is 0.0362. The van der Waals surface area contributed by atoms with Gasteiger partial charge in [-0.25, -0.2) is 4.79 Å². The van der Waals surface area contributed by atoms with Gasteiger partial charge in [-0.05, 0) is 30.0 Å². The maximum atomic E-state index is 11.5. The molecule has 0 aliphatic heterocycles. The number of hydrogen-bond acceptors (Lipinski definition) is 6. The smallest absolute Gasteiger partial charge is 0.429 e. The highest BCUT2D eigenvalue weighted by atomic mass is 16.7. The number of rotatable bonds is 6. The number of ether oxygens (including phenoxy) is 2. The quantitative estimate of drug-likeness (QED) is 0.284. The first kappa shape index (κ1) is 16.0. The zero-order chi connectivity index (χ0) is 15.7. The van der Waals surface area contributed by atoms with Crippen LogP contribution in [-0.4, -0.2) is 17.7 Å². The fraction of sp³-hybridized carbons (Fsp3) is 0.0714. The van der Waals surface area contributed by atoms with Crippen molar-refractivity contribution in [1.29, 1.82) is 0 Å². The van der Waals surface area contributed by atoms with Crippen LogP contribution in [0.3, 0.4) is 0 Å². The Balaban J connectivity index is 2.55. The van der Waals surface area contributed by atoms with Crippen molar-refractivity contribution in [3.8, 4) is 5.75 Å². The van der Waals surface area contributed by atoms with Crippen molar-refractivity contribution >= 4 is 11.8 Å². The number of non-ortho nitro benzene ring substituents is 1. The monoisotopic (exact) mass is 290 g/mol. The highest BCUT2D eigenvalue weighted by Gasteiger charge is 2.09. The van der Waals surface area contributed by atoms with E-state index in [1.165, 1.54) is 36.5 Å². The van der Waals surface area contributed by atoms with Crippen LogP contribution in [0.25, 0.3) is 0 Å². The number of allylic oxidation sites excluding steroid dienone is 2. The molecule has 7 heteroatoms. The molecule has 1 aromatic rings. The molecule has 0 unspecified atom stereocenters. The Morgan fingerprint density at radius 3 is 2.57 bits per heavy atom. The van der Waals surface area contributed by atoms with Gasteiger partial charge in [0.15, 0.2) is 0 Å². The van der Waals surface area contributed by atoms with E-state index in [0.29, 0.717) is 5.57 Å². The predicted molar refractivity (Wildman–Crippen MR) is 76.7 cm³/mol. The van der Waals surface area contributed by atoms with E-state index in [1.54, 1.807) is 12.2 Å². The van der Waals surface area contributed by atoms with Crippen molar-refractivity contribution in [2.75, 3.05) is 6.61 Å². The Morgan fingerprint density at radius 2 is 2.05 bits per heavy atom. The van der Waals surface area contributed by atoms with E-state index in [9.17, 15) is 14.9 Å². The molecule has 21 heavy (non-hydrogen) atoms. The number of nitro groups is 1. The molecule has 0 aromatic heterocycles. The lowest BCUT2D eigenvalue weighted by atomic mass is 10.2. The molecular weight excluding hydrogens is 276 g/mol. The normalized spacial score (nSPS) is 11.1. The molecule has 0 radical (unpaired) electrons. The Labute approximate surface area is 121 Å². The summed E-state index contributed by atoms with van der Waals surface area (Å²) in [6.07, 6.45) is 5.09. The lowest BCUT2D eigenvalue weighted by Crippen LogP contribution is -2.12. The zero-order valence-corrected chi connectivity index (χ0v) is 11.1. The van der Waals surface area contributed by atoms with Gasteiger partial charge in [0.05, 0.1) is 4.92 Å². The minimum Gasteiger partial charge on any atom is -0.429 e. The molecule has 0 bridgehead atoms. The van der Waals surface area contributed by atoms with Crippen molar-refractivity contribution in [2.24, 2.45) is 5.73 Å². The van der Waals surface area contributed by atoms with Crippen LogP contribution in [-0.2, 0) is 4.74 Å². The maximum absolute atomic E-state index is 11.5. The van der Waals surface area contributed by atoms with Gasteiger partial charge in [0.25, 0.3) is 5.69 Å². The van der Waals surface area contributed by atoms with Crippen LogP contribution in [0.1, 0.15) is 0 Å². The molecule has 1 aromatic carbocycles. The van der Waals surface area contributed by atoms with Gasteiger partial charge in [0.2, 0.25) is 0 Å². The van der Waals surface area contributed by atoms with Gasteiger partial charge in [0, 0.05) is 12.1 Å². The molecule has 0 aliphatic rings. The van der Waals surface area contributed by atoms with E-state index in [1.807, 2.05) is 0 Å². The molecule has 0 heterocycles. The second-order valence-electron chi connectivity index (χ2n) is 3.73. The summed E-state index contributed by atoms with van der Waals surface area (Å²) in [5.41, 5.74) is 5.78. The topological polar surface area (TPSA) is 105 Å². The van der Waals surface area contributed by atoms with Crippen LogP contribution < -0.4 is 10.5 Å². The molecule has 0 amide bonds. The Hall–Kier alpha value is -3.09. The average Bonchev–Trinajstić information content (AvgIpc) is 2.46. The van der Waals surface area contributed by atoms with Gasteiger partial charge in [-0.15, -0.1) is 0 Å². The molecule has 110 valence electrons. The van der Waals surface area contributed by atoms with Gasteiger partial charge >= 0.3 is 6.16 Å². The third-order valence-corrected chi connectivity index (χ3v) is 2.25. The molecule has 0 saturated carbocycles. The van der Waals surface area contributed by atoms with Gasteiger partial charge < -0.3 is 15.2 Å². The van der Waals surface area contributed by atoms with Gasteiger partial charge in [-0.3, -0.25) is 10.1 Å². The summed E-state index contributed by atoms with van der Waals surface area (Å²) < 4.78 is 9.74. The van der Waals surface area contributed by atoms with Gasteiger partial charge in [-0.2, -0.15) is 0 Å². The Kier molecular flexibility index (Phi) is 6.20. The Morgan fingerprint density at radius 1 is 1.38 bits per heavy atom. The first-order valence-electron chi connectivity index (χ1n) is 5.85. The molecule has 0 fully saturated rings. The van der Waals surface area contributed by atoms with E-state index in [2.05, 4.69) is 6.58 Å². The fourth-order valence-corrected chi connectivity index (χ4v) is 1.33. The maximum Gasteiger partial charge on any atom is 0.514 e. The summed E-state index contributed by atoms with van der Waals surface area (Å²) in [5.74, 6) is 0.147. The predicted octanol–water partition coefficient (Wildman–Crippen LogP) is 2.70. The van der Waals surface area contributed by atoms with Crippen LogP contribution in [0.4, 0.5) is 10.5 Å². The molecule has 2 N–H and O–H groups in total. The second kappa shape index (κ2) is 8.16. The van der Waals surface area contributed by atoms with E-state index in [-0.39, 0.29) is 18.0 Å². The SMILES string of the molecule is C=C/C=C(\C=C/N)COC(=O)Oc1ccc([N+](=O)[O-])cc1. The second-order valence-corrected chi connectivity index (χ2v) is 3.73. The van der Waals surface area contributed by atoms with Crippen molar-refractivity contribution < 1.29 is 19.2 Å². The van der Waals surface area contributed by atoms with Crippen LogP contribution in [0.5, 0.6) is 5.75 Å². The van der Waals surface area contributed by atoms with E-state index in [4.69, 9.17) is 15.2 Å². The average molecular weight is 290 g/mol. The van der Waals surface area contributed by atoms with Crippen molar-refractivity contribution in [3.63, 3.8) is 0 Å². The van der Waals surface area contributed by atoms with Crippen LogP contribution in [0.15, 0.2) is 60.8 Å². The largest absolute Gasteiger partial charge is 0.514 e. The van der Waals surface area contributed by atoms with E-state index in [0.717, 1.165) is 0 Å². The first-order valence-corrected chi connectivity index (χ1v) is 5.85. The minimum atomic E-state index is -0.927. The number of nitrogens with two attached hydrogens (primary N) is 1. The summed E-state index contributed by atoms with van der Waals surface area (Å²) in [7, 11) is 0. The number of benzene rings is 1. The fourth-order valence-electron chi connectivity index (χ4n) is 1.33. The third kappa shape index (κ3) is 5.60. The van der Waals surface area contributed by atoms with Crippen LogP contribution in [0, 0.1) is 10.1 Å². The third-order valence-electron chi connectivity index (χ3n) is 2.25. The number of carbonyl (C=O) groups excluding carboxylic acids is 1. The number of carbonyl (C=O) groups is 1. The molecular formula is C14H14N2O5. The van der Waals surface area contributed by atoms with Gasteiger partial charge in [-0.1, -0.05) is 18.7 Å². The van der Waals surface area contributed by atoms with E-state index >= 15 is 0 Å². The summed E-state index contributed by atoms with van der Waals surface area (Å²) in [5, 5.41) is 10.5. The standard InChI is InChI=1S/C14H14N2O5/c1-2-3-11(8-9-15)10-20-14(17)21-13-6-4-12(5-7-13)16(18)19/h2-9H,1,10,15H2/b9-8-,11-3+. The molecule has 7 nitrogen and oxygen atoms in total. The van der Waals surface area contributed by atoms with Crippen LogP contribution in [0.2, 0.25) is 0 Å². The number of nitro benzene ring substituents is 1. The molecule has 0 spiro atoms. The summed E-state index contributed by atoms with van der Waals surface area (Å²) in [6.45, 7) is 3.49. The van der Waals surface area contributed by atoms with Gasteiger partial charge in [0.1, 0.15) is 12.4 Å². The number of hydrogen-bond donors (Lipinski definition) is 1. The van der Waals surface area contributed by atoms with E-state index < -0.39 is 11.1 Å². The Bertz CT molecular complexity index is 576.